The first-order valence-electron chi connectivity index (χ1n) is 8.91. The van der Waals surface area contributed by atoms with Crippen LogP contribution in [-0.4, -0.2) is 61.0 Å². The normalized spacial score (nSPS) is 15.8. The number of anilines is 2. The molecule has 0 amide bonds. The van der Waals surface area contributed by atoms with E-state index in [9.17, 15) is 17.6 Å². The summed E-state index contributed by atoms with van der Waals surface area (Å²) < 4.78 is 43.0. The Morgan fingerprint density at radius 1 is 1.31 bits per heavy atom. The fourth-order valence-corrected chi connectivity index (χ4v) is 4.03. The predicted molar refractivity (Wildman–Crippen MR) is 106 cm³/mol. The number of hydrogen-bond acceptors (Lipinski definition) is 8. The van der Waals surface area contributed by atoms with Crippen molar-refractivity contribution in [3.05, 3.63) is 41.3 Å². The van der Waals surface area contributed by atoms with Crippen molar-refractivity contribution >= 4 is 27.6 Å². The first-order chi connectivity index (χ1) is 13.7. The van der Waals surface area contributed by atoms with E-state index in [1.807, 2.05) is 0 Å². The lowest BCUT2D eigenvalue weighted by molar-refractivity contribution is 0.103. The summed E-state index contributed by atoms with van der Waals surface area (Å²) in [6.45, 7) is 0.819. The number of carbonyl (C=O) groups is 1. The summed E-state index contributed by atoms with van der Waals surface area (Å²) in [7, 11) is -1.86. The quantitative estimate of drug-likeness (QED) is 0.665. The van der Waals surface area contributed by atoms with Crippen LogP contribution in [0.15, 0.2) is 24.4 Å². The van der Waals surface area contributed by atoms with E-state index in [1.165, 1.54) is 29.9 Å². The first kappa shape index (κ1) is 20.9. The molecule has 1 aliphatic rings. The number of nitrogens with zero attached hydrogens (tertiary/aromatic N) is 3. The second-order valence-electron chi connectivity index (χ2n) is 6.75. The summed E-state index contributed by atoms with van der Waals surface area (Å²) in [6, 6.07) is 3.58. The van der Waals surface area contributed by atoms with Crippen LogP contribution >= 0.6 is 0 Å². The largest absolute Gasteiger partial charge is 0.496 e. The number of methoxy groups -OCH3 is 1. The summed E-state index contributed by atoms with van der Waals surface area (Å²) in [5.74, 6) is -0.680. The third-order valence-corrected chi connectivity index (χ3v) is 6.03. The Hall–Kier alpha value is -2.79. The van der Waals surface area contributed by atoms with Crippen molar-refractivity contribution in [3.63, 3.8) is 0 Å². The van der Waals surface area contributed by atoms with Crippen molar-refractivity contribution in [2.45, 2.75) is 18.9 Å². The molecule has 3 N–H and O–H groups in total. The minimum absolute atomic E-state index is 0.00820. The number of nitrogens with two attached hydrogens (primary N) is 1. The number of halogens is 1. The van der Waals surface area contributed by atoms with Crippen LogP contribution in [0, 0.1) is 5.82 Å². The number of sulfonamides is 1. The highest BCUT2D eigenvalue weighted by Gasteiger charge is 2.26. The molecule has 29 heavy (non-hydrogen) atoms. The lowest BCUT2D eigenvalue weighted by Gasteiger charge is -2.30. The van der Waals surface area contributed by atoms with E-state index in [0.29, 0.717) is 25.9 Å². The van der Waals surface area contributed by atoms with Gasteiger partial charge in [-0.2, -0.15) is 4.98 Å². The van der Waals surface area contributed by atoms with Crippen molar-refractivity contribution in [3.8, 4) is 5.75 Å². The second kappa shape index (κ2) is 8.29. The van der Waals surface area contributed by atoms with E-state index in [2.05, 4.69) is 15.3 Å². The van der Waals surface area contributed by atoms with E-state index in [0.717, 1.165) is 12.1 Å². The van der Waals surface area contributed by atoms with Gasteiger partial charge in [0.15, 0.2) is 0 Å². The molecule has 0 atom stereocenters. The average molecular weight is 423 g/mol. The Labute approximate surface area is 168 Å². The molecule has 2 heterocycles. The van der Waals surface area contributed by atoms with Gasteiger partial charge in [0.25, 0.3) is 0 Å². The minimum Gasteiger partial charge on any atom is -0.496 e. The van der Waals surface area contributed by atoms with Crippen molar-refractivity contribution in [2.24, 2.45) is 0 Å². The second-order valence-corrected chi connectivity index (χ2v) is 8.73. The van der Waals surface area contributed by atoms with Gasteiger partial charge in [-0.25, -0.2) is 22.1 Å². The van der Waals surface area contributed by atoms with Crippen molar-refractivity contribution in [1.29, 1.82) is 0 Å². The topological polar surface area (TPSA) is 128 Å². The molecule has 0 spiro atoms. The Balaban J connectivity index is 1.72. The number of aromatic nitrogens is 2. The van der Waals surface area contributed by atoms with Gasteiger partial charge in [-0.15, -0.1) is 0 Å². The molecule has 1 aliphatic heterocycles. The van der Waals surface area contributed by atoms with Gasteiger partial charge in [0.05, 0.1) is 24.5 Å². The first-order valence-corrected chi connectivity index (χ1v) is 10.8. The maximum absolute atomic E-state index is 13.4. The Morgan fingerprint density at radius 3 is 2.59 bits per heavy atom. The molecule has 0 aliphatic carbocycles. The number of nitrogens with one attached hydrogen (secondary N) is 1. The standard InChI is InChI=1S/C18H22FN5O4S/c1-28-15-9-11(19)3-4-13(15)16(25)14-10-21-18(23-17(14)20)22-12-5-7-24(8-6-12)29(2,26)27/h3-4,9-10,12H,5-8H2,1-2H3,(H3,20,21,22,23). The highest BCUT2D eigenvalue weighted by atomic mass is 32.2. The summed E-state index contributed by atoms with van der Waals surface area (Å²) in [5.41, 5.74) is 6.18. The van der Waals surface area contributed by atoms with Crippen LogP contribution in [-0.2, 0) is 10.0 Å². The monoisotopic (exact) mass is 423 g/mol. The number of carbonyl (C=O) groups excluding carboxylic acids is 1. The molecule has 1 saturated heterocycles. The molecule has 3 rings (SSSR count). The number of benzene rings is 1. The summed E-state index contributed by atoms with van der Waals surface area (Å²) in [6.07, 6.45) is 3.70. The smallest absolute Gasteiger partial charge is 0.224 e. The van der Waals surface area contributed by atoms with E-state index < -0.39 is 21.6 Å². The van der Waals surface area contributed by atoms with Crippen LogP contribution in [0.25, 0.3) is 0 Å². The summed E-state index contributed by atoms with van der Waals surface area (Å²) in [5, 5.41) is 3.12. The molecule has 0 radical (unpaired) electrons. The molecule has 2 aromatic rings. The molecule has 1 aromatic heterocycles. The van der Waals surface area contributed by atoms with Crippen LogP contribution in [0.1, 0.15) is 28.8 Å². The number of ketones is 1. The Bertz CT molecular complexity index is 1020. The zero-order chi connectivity index (χ0) is 21.2. The van der Waals surface area contributed by atoms with Crippen LogP contribution in [0.4, 0.5) is 16.2 Å². The number of nitrogen functional groups attached to an aromatic ring is 1. The van der Waals surface area contributed by atoms with Gasteiger partial charge in [0.1, 0.15) is 17.4 Å². The van der Waals surface area contributed by atoms with E-state index in [1.54, 1.807) is 0 Å². The Morgan fingerprint density at radius 2 is 2.00 bits per heavy atom. The molecular weight excluding hydrogens is 401 g/mol. The lowest BCUT2D eigenvalue weighted by atomic mass is 10.0. The third kappa shape index (κ3) is 4.80. The highest BCUT2D eigenvalue weighted by molar-refractivity contribution is 7.88. The van der Waals surface area contributed by atoms with E-state index in [4.69, 9.17) is 10.5 Å². The molecule has 0 saturated carbocycles. The number of hydrogen-bond donors (Lipinski definition) is 2. The number of rotatable bonds is 6. The zero-order valence-corrected chi connectivity index (χ0v) is 16.9. The van der Waals surface area contributed by atoms with Gasteiger partial charge < -0.3 is 15.8 Å². The lowest BCUT2D eigenvalue weighted by Crippen LogP contribution is -2.42. The highest BCUT2D eigenvalue weighted by Crippen LogP contribution is 2.25. The predicted octanol–water partition coefficient (Wildman–Crippen LogP) is 1.27. The fraction of sp³-hybridized carbons (Fsp3) is 0.389. The molecule has 1 aromatic carbocycles. The van der Waals surface area contributed by atoms with Gasteiger partial charge in [-0.3, -0.25) is 4.79 Å². The van der Waals surface area contributed by atoms with Gasteiger partial charge >= 0.3 is 0 Å². The van der Waals surface area contributed by atoms with Gasteiger partial charge in [0, 0.05) is 31.4 Å². The zero-order valence-electron chi connectivity index (χ0n) is 16.1. The Kier molecular flexibility index (Phi) is 5.99. The van der Waals surface area contributed by atoms with Crippen LogP contribution in [0.3, 0.4) is 0 Å². The molecule has 1 fully saturated rings. The maximum Gasteiger partial charge on any atom is 0.224 e. The van der Waals surface area contributed by atoms with Crippen molar-refractivity contribution in [1.82, 2.24) is 14.3 Å². The van der Waals surface area contributed by atoms with Gasteiger partial charge in [-0.1, -0.05) is 0 Å². The fourth-order valence-electron chi connectivity index (χ4n) is 3.15. The van der Waals surface area contributed by atoms with E-state index in [-0.39, 0.29) is 34.7 Å². The summed E-state index contributed by atoms with van der Waals surface area (Å²) >= 11 is 0. The third-order valence-electron chi connectivity index (χ3n) is 4.73. The average Bonchev–Trinajstić information content (AvgIpc) is 2.67. The molecule has 156 valence electrons. The maximum atomic E-state index is 13.4. The van der Waals surface area contributed by atoms with Gasteiger partial charge in [-0.05, 0) is 25.0 Å². The van der Waals surface area contributed by atoms with Crippen LogP contribution < -0.4 is 15.8 Å². The van der Waals surface area contributed by atoms with Crippen molar-refractivity contribution < 1.29 is 22.3 Å². The minimum atomic E-state index is -3.20. The summed E-state index contributed by atoms with van der Waals surface area (Å²) in [4.78, 5) is 21.0. The van der Waals surface area contributed by atoms with Crippen molar-refractivity contribution in [2.75, 3.05) is 37.5 Å². The molecule has 11 heteroatoms. The molecule has 0 unspecified atom stereocenters. The number of piperidine rings is 1. The van der Waals surface area contributed by atoms with Crippen LogP contribution in [0.5, 0.6) is 5.75 Å². The molecular formula is C18H22FN5O4S. The molecule has 9 nitrogen and oxygen atoms in total. The van der Waals surface area contributed by atoms with Gasteiger partial charge in [0.2, 0.25) is 21.8 Å². The SMILES string of the molecule is COc1cc(F)ccc1C(=O)c1cnc(NC2CCN(S(C)(=O)=O)CC2)nc1N. The molecule has 0 bridgehead atoms. The van der Waals surface area contributed by atoms with E-state index >= 15 is 0 Å². The van der Waals surface area contributed by atoms with Crippen LogP contribution in [0.2, 0.25) is 0 Å². The number of ether oxygens (including phenoxy) is 1.